The third kappa shape index (κ3) is 3.57. The van der Waals surface area contributed by atoms with Crippen molar-refractivity contribution in [3.05, 3.63) is 94.8 Å². The Labute approximate surface area is 180 Å². The van der Waals surface area contributed by atoms with E-state index in [2.05, 4.69) is 4.98 Å². The zero-order valence-electron chi connectivity index (χ0n) is 17.5. The van der Waals surface area contributed by atoms with E-state index < -0.39 is 17.7 Å². The summed E-state index contributed by atoms with van der Waals surface area (Å²) in [6.45, 7) is 3.76. The van der Waals surface area contributed by atoms with E-state index in [9.17, 15) is 14.7 Å². The average molecular weight is 414 g/mol. The smallest absolute Gasteiger partial charge is 0.300 e. The zero-order chi connectivity index (χ0) is 22.1. The summed E-state index contributed by atoms with van der Waals surface area (Å²) in [5, 5.41) is 11.2. The maximum absolute atomic E-state index is 13.1. The van der Waals surface area contributed by atoms with Crippen molar-refractivity contribution in [2.24, 2.45) is 0 Å². The molecule has 1 aliphatic rings. The molecule has 3 aromatic rings. The first kappa shape index (κ1) is 20.3. The lowest BCUT2D eigenvalue weighted by Gasteiger charge is -2.25. The number of aromatic nitrogens is 1. The number of methoxy groups -OCH3 is 1. The summed E-state index contributed by atoms with van der Waals surface area (Å²) in [4.78, 5) is 31.8. The first-order valence-corrected chi connectivity index (χ1v) is 9.85. The fourth-order valence-corrected chi connectivity index (χ4v) is 3.91. The molecule has 0 aliphatic carbocycles. The highest BCUT2D eigenvalue weighted by atomic mass is 16.5. The lowest BCUT2D eigenvalue weighted by molar-refractivity contribution is -0.132. The van der Waals surface area contributed by atoms with Crippen LogP contribution in [0.1, 0.15) is 28.3 Å². The molecule has 1 amide bonds. The van der Waals surface area contributed by atoms with E-state index in [-0.39, 0.29) is 11.3 Å². The fourth-order valence-electron chi connectivity index (χ4n) is 3.91. The number of carbonyl (C=O) groups is 2. The van der Waals surface area contributed by atoms with Crippen LogP contribution in [0.25, 0.3) is 5.76 Å². The minimum Gasteiger partial charge on any atom is -0.507 e. The molecule has 0 bridgehead atoms. The van der Waals surface area contributed by atoms with Crippen molar-refractivity contribution in [1.82, 2.24) is 4.98 Å². The Balaban J connectivity index is 1.93. The van der Waals surface area contributed by atoms with Gasteiger partial charge >= 0.3 is 0 Å². The van der Waals surface area contributed by atoms with Gasteiger partial charge in [-0.15, -0.1) is 0 Å². The number of rotatable bonds is 4. The van der Waals surface area contributed by atoms with Crippen LogP contribution in [0.2, 0.25) is 0 Å². The molecular weight excluding hydrogens is 392 g/mol. The largest absolute Gasteiger partial charge is 0.507 e. The van der Waals surface area contributed by atoms with Gasteiger partial charge in [0.05, 0.1) is 18.7 Å². The van der Waals surface area contributed by atoms with Crippen molar-refractivity contribution in [2.45, 2.75) is 19.9 Å². The van der Waals surface area contributed by atoms with Crippen LogP contribution in [0.5, 0.6) is 5.75 Å². The molecule has 1 N–H and O–H groups in total. The summed E-state index contributed by atoms with van der Waals surface area (Å²) >= 11 is 0. The molecule has 1 unspecified atom stereocenters. The van der Waals surface area contributed by atoms with Crippen molar-refractivity contribution in [1.29, 1.82) is 0 Å². The quantitative estimate of drug-likeness (QED) is 0.390. The summed E-state index contributed by atoms with van der Waals surface area (Å²) in [6, 6.07) is 15.2. The number of ketones is 1. The van der Waals surface area contributed by atoms with Gasteiger partial charge in [0.25, 0.3) is 11.7 Å². The number of benzene rings is 2. The fraction of sp³-hybridized carbons (Fsp3) is 0.160. The Morgan fingerprint density at radius 1 is 1.06 bits per heavy atom. The number of amides is 1. The number of aryl methyl sites for hydroxylation is 2. The van der Waals surface area contributed by atoms with E-state index in [0.717, 1.165) is 11.1 Å². The number of nitrogens with zero attached hydrogens (tertiary/aromatic N) is 2. The van der Waals surface area contributed by atoms with Crippen molar-refractivity contribution in [3.8, 4) is 5.75 Å². The lowest BCUT2D eigenvalue weighted by Crippen LogP contribution is -2.29. The molecular formula is C25H22N2O4. The third-order valence-electron chi connectivity index (χ3n) is 5.39. The summed E-state index contributed by atoms with van der Waals surface area (Å²) in [7, 11) is 1.57. The van der Waals surface area contributed by atoms with E-state index in [1.165, 1.54) is 4.90 Å². The normalized spacial score (nSPS) is 17.8. The SMILES string of the molecule is COc1ccc(/C(O)=C2/C(=O)C(=O)N(c3cccc(C)c3)C2c2cccnc2)cc1C. The Morgan fingerprint density at radius 3 is 2.52 bits per heavy atom. The second kappa shape index (κ2) is 8.07. The van der Waals surface area contributed by atoms with Gasteiger partial charge in [0.15, 0.2) is 0 Å². The van der Waals surface area contributed by atoms with Gasteiger partial charge in [0.2, 0.25) is 0 Å². The van der Waals surface area contributed by atoms with Gasteiger partial charge in [0, 0.05) is 23.6 Å². The van der Waals surface area contributed by atoms with Crippen molar-refractivity contribution < 1.29 is 19.4 Å². The number of pyridine rings is 1. The van der Waals surface area contributed by atoms with Crippen LogP contribution in [0, 0.1) is 13.8 Å². The number of anilines is 1. The molecule has 1 aliphatic heterocycles. The number of carbonyl (C=O) groups excluding carboxylic acids is 2. The maximum Gasteiger partial charge on any atom is 0.300 e. The van der Waals surface area contributed by atoms with Crippen molar-refractivity contribution in [3.63, 3.8) is 0 Å². The first-order chi connectivity index (χ1) is 14.9. The van der Waals surface area contributed by atoms with Crippen LogP contribution in [0.15, 0.2) is 72.6 Å². The molecule has 1 saturated heterocycles. The van der Waals surface area contributed by atoms with E-state index in [1.54, 1.807) is 55.9 Å². The third-order valence-corrected chi connectivity index (χ3v) is 5.39. The second-order valence-corrected chi connectivity index (χ2v) is 7.48. The molecule has 6 nitrogen and oxygen atoms in total. The van der Waals surface area contributed by atoms with Crippen LogP contribution in [-0.2, 0) is 9.59 Å². The molecule has 1 atom stereocenters. The van der Waals surface area contributed by atoms with E-state index in [0.29, 0.717) is 22.6 Å². The number of ether oxygens (including phenoxy) is 1. The lowest BCUT2D eigenvalue weighted by atomic mass is 9.95. The molecule has 1 fully saturated rings. The molecule has 2 heterocycles. The van der Waals surface area contributed by atoms with Gasteiger partial charge in [-0.25, -0.2) is 0 Å². The molecule has 31 heavy (non-hydrogen) atoms. The van der Waals surface area contributed by atoms with E-state index in [4.69, 9.17) is 4.74 Å². The van der Waals surface area contributed by atoms with Crippen molar-refractivity contribution >= 4 is 23.1 Å². The number of aliphatic hydroxyl groups excluding tert-OH is 1. The number of Topliss-reactive ketones (excluding diaryl/α,β-unsaturated/α-hetero) is 1. The average Bonchev–Trinajstić information content (AvgIpc) is 3.04. The van der Waals surface area contributed by atoms with E-state index in [1.807, 2.05) is 32.0 Å². The molecule has 6 heteroatoms. The summed E-state index contributed by atoms with van der Waals surface area (Å²) in [6.07, 6.45) is 3.22. The van der Waals surface area contributed by atoms with E-state index >= 15 is 0 Å². The predicted octanol–water partition coefficient (Wildman–Crippen LogP) is 4.33. The highest BCUT2D eigenvalue weighted by Crippen LogP contribution is 2.42. The minimum atomic E-state index is -0.794. The summed E-state index contributed by atoms with van der Waals surface area (Å²) in [5.41, 5.74) is 3.45. The Kier molecular flexibility index (Phi) is 5.29. The number of aliphatic hydroxyl groups is 1. The number of hydrogen-bond acceptors (Lipinski definition) is 5. The molecule has 156 valence electrons. The summed E-state index contributed by atoms with van der Waals surface area (Å²) in [5.74, 6) is -0.985. The van der Waals surface area contributed by atoms with Gasteiger partial charge in [-0.05, 0) is 66.9 Å². The first-order valence-electron chi connectivity index (χ1n) is 9.85. The molecule has 2 aromatic carbocycles. The molecule has 0 radical (unpaired) electrons. The summed E-state index contributed by atoms with van der Waals surface area (Å²) < 4.78 is 5.28. The van der Waals surface area contributed by atoms with Crippen LogP contribution < -0.4 is 9.64 Å². The highest BCUT2D eigenvalue weighted by Gasteiger charge is 2.47. The van der Waals surface area contributed by atoms with Crippen LogP contribution in [-0.4, -0.2) is 28.9 Å². The van der Waals surface area contributed by atoms with Gasteiger partial charge in [-0.2, -0.15) is 0 Å². The van der Waals surface area contributed by atoms with Crippen LogP contribution in [0.4, 0.5) is 5.69 Å². The second-order valence-electron chi connectivity index (χ2n) is 7.48. The minimum absolute atomic E-state index is 0.0315. The maximum atomic E-state index is 13.1. The number of hydrogen-bond donors (Lipinski definition) is 1. The van der Waals surface area contributed by atoms with Crippen LogP contribution in [0.3, 0.4) is 0 Å². The van der Waals surface area contributed by atoms with Gasteiger partial charge in [0.1, 0.15) is 11.5 Å². The molecule has 4 rings (SSSR count). The predicted molar refractivity (Wildman–Crippen MR) is 118 cm³/mol. The molecule has 0 spiro atoms. The Morgan fingerprint density at radius 2 is 1.87 bits per heavy atom. The zero-order valence-corrected chi connectivity index (χ0v) is 17.5. The Bertz CT molecular complexity index is 1200. The van der Waals surface area contributed by atoms with Gasteiger partial charge in [-0.1, -0.05) is 18.2 Å². The monoisotopic (exact) mass is 414 g/mol. The van der Waals surface area contributed by atoms with Gasteiger partial charge in [-0.3, -0.25) is 19.5 Å². The van der Waals surface area contributed by atoms with Crippen molar-refractivity contribution in [2.75, 3.05) is 12.0 Å². The topological polar surface area (TPSA) is 79.7 Å². The van der Waals surface area contributed by atoms with Gasteiger partial charge < -0.3 is 9.84 Å². The highest BCUT2D eigenvalue weighted by molar-refractivity contribution is 6.51. The standard InChI is InChI=1S/C25H22N2O4/c1-15-6-4-8-19(12-15)27-22(18-7-5-11-26-14-18)21(24(29)25(27)30)23(28)17-9-10-20(31-3)16(2)13-17/h4-14,22,28H,1-3H3/b23-21-. The van der Waals surface area contributed by atoms with Crippen LogP contribution >= 0.6 is 0 Å². The Hall–Kier alpha value is -3.93. The molecule has 1 aromatic heterocycles. The molecule has 0 saturated carbocycles.